The van der Waals surface area contributed by atoms with E-state index in [2.05, 4.69) is 67.6 Å². The summed E-state index contributed by atoms with van der Waals surface area (Å²) in [5, 5.41) is 0. The van der Waals surface area contributed by atoms with Crippen LogP contribution in [-0.2, 0) is 0 Å². The molecule has 0 aliphatic carbocycles. The van der Waals surface area contributed by atoms with E-state index in [1.807, 2.05) is 6.92 Å². The van der Waals surface area contributed by atoms with Crippen LogP contribution in [0.3, 0.4) is 0 Å². The molecular formula is C16H16. The number of rotatable bonds is 2. The summed E-state index contributed by atoms with van der Waals surface area (Å²) in [5.74, 6) is 0. The Labute approximate surface area is 97.3 Å². The third-order valence-corrected chi connectivity index (χ3v) is 2.67. The summed E-state index contributed by atoms with van der Waals surface area (Å²) in [4.78, 5) is 0. The monoisotopic (exact) mass is 208 g/mol. The van der Waals surface area contributed by atoms with Crippen LogP contribution >= 0.6 is 0 Å². The molecule has 2 rings (SSSR count). The van der Waals surface area contributed by atoms with Crippen molar-refractivity contribution in [3.05, 3.63) is 65.7 Å². The third-order valence-electron chi connectivity index (χ3n) is 2.67. The van der Waals surface area contributed by atoms with Gasteiger partial charge in [0.2, 0.25) is 0 Å². The second kappa shape index (κ2) is 4.80. The highest BCUT2D eigenvalue weighted by Gasteiger charge is 2.00. The van der Waals surface area contributed by atoms with E-state index in [-0.39, 0.29) is 0 Å². The van der Waals surface area contributed by atoms with Crippen molar-refractivity contribution in [3.8, 4) is 11.1 Å². The topological polar surface area (TPSA) is 0 Å². The first-order valence-electron chi connectivity index (χ1n) is 5.60. The molecule has 0 radical (unpaired) electrons. The average Bonchev–Trinajstić information content (AvgIpc) is 2.32. The van der Waals surface area contributed by atoms with E-state index < -0.39 is 0 Å². The molecule has 0 aliphatic rings. The Morgan fingerprint density at radius 1 is 0.875 bits per heavy atom. The summed E-state index contributed by atoms with van der Waals surface area (Å²) in [6.45, 7) is 4.16. The van der Waals surface area contributed by atoms with Crippen molar-refractivity contribution in [3.63, 3.8) is 0 Å². The van der Waals surface area contributed by atoms with Gasteiger partial charge in [0.15, 0.2) is 0 Å². The van der Waals surface area contributed by atoms with E-state index in [1.165, 1.54) is 22.3 Å². The van der Waals surface area contributed by atoms with Gasteiger partial charge in [0.25, 0.3) is 0 Å². The highest BCUT2D eigenvalue weighted by Crippen LogP contribution is 2.24. The van der Waals surface area contributed by atoms with Crippen LogP contribution in [0.1, 0.15) is 18.1 Å². The molecule has 0 amide bonds. The number of hydrogen-bond donors (Lipinski definition) is 0. The predicted octanol–water partition coefficient (Wildman–Crippen LogP) is 4.70. The molecule has 0 spiro atoms. The maximum Gasteiger partial charge on any atom is -0.0112 e. The SMILES string of the molecule is CC=Cc1ccccc1-c1ccc(C)cc1. The fourth-order valence-electron chi connectivity index (χ4n) is 1.82. The minimum atomic E-state index is 1.27. The molecule has 0 heterocycles. The molecule has 0 aromatic heterocycles. The van der Waals surface area contributed by atoms with E-state index in [4.69, 9.17) is 0 Å². The van der Waals surface area contributed by atoms with Gasteiger partial charge < -0.3 is 0 Å². The normalized spacial score (nSPS) is 10.9. The summed E-state index contributed by atoms with van der Waals surface area (Å²) in [6.07, 6.45) is 4.22. The summed E-state index contributed by atoms with van der Waals surface area (Å²) in [7, 11) is 0. The molecule has 0 nitrogen and oxygen atoms in total. The molecule has 0 N–H and O–H groups in total. The third kappa shape index (κ3) is 2.22. The summed E-state index contributed by atoms with van der Waals surface area (Å²) in [5.41, 5.74) is 5.14. The number of hydrogen-bond acceptors (Lipinski definition) is 0. The van der Waals surface area contributed by atoms with E-state index in [1.54, 1.807) is 0 Å². The van der Waals surface area contributed by atoms with Crippen molar-refractivity contribution in [1.82, 2.24) is 0 Å². The van der Waals surface area contributed by atoms with Gasteiger partial charge in [-0.05, 0) is 30.5 Å². The minimum absolute atomic E-state index is 1.27. The van der Waals surface area contributed by atoms with Crippen molar-refractivity contribution < 1.29 is 0 Å². The van der Waals surface area contributed by atoms with Crippen LogP contribution in [0.25, 0.3) is 17.2 Å². The minimum Gasteiger partial charge on any atom is -0.0870 e. The van der Waals surface area contributed by atoms with Gasteiger partial charge in [0.05, 0.1) is 0 Å². The lowest BCUT2D eigenvalue weighted by molar-refractivity contribution is 1.46. The number of aryl methyl sites for hydroxylation is 1. The first-order chi connectivity index (χ1) is 7.81. The lowest BCUT2D eigenvalue weighted by Gasteiger charge is -2.06. The highest BCUT2D eigenvalue weighted by atomic mass is 14.0. The highest BCUT2D eigenvalue weighted by molar-refractivity contribution is 5.75. The zero-order valence-electron chi connectivity index (χ0n) is 9.77. The van der Waals surface area contributed by atoms with Crippen LogP contribution in [0.4, 0.5) is 0 Å². The molecule has 2 aromatic carbocycles. The van der Waals surface area contributed by atoms with Crippen LogP contribution in [-0.4, -0.2) is 0 Å². The fraction of sp³-hybridized carbons (Fsp3) is 0.125. The maximum atomic E-state index is 2.18. The van der Waals surface area contributed by atoms with Crippen LogP contribution in [0.15, 0.2) is 54.6 Å². The molecule has 0 saturated carbocycles. The zero-order valence-corrected chi connectivity index (χ0v) is 9.77. The van der Waals surface area contributed by atoms with Crippen LogP contribution < -0.4 is 0 Å². The van der Waals surface area contributed by atoms with Crippen molar-refractivity contribution in [2.45, 2.75) is 13.8 Å². The largest absolute Gasteiger partial charge is 0.0870 e. The Kier molecular flexibility index (Phi) is 3.21. The Morgan fingerprint density at radius 2 is 1.56 bits per heavy atom. The van der Waals surface area contributed by atoms with Gasteiger partial charge in [0, 0.05) is 0 Å². The second-order valence-corrected chi connectivity index (χ2v) is 3.95. The van der Waals surface area contributed by atoms with Crippen LogP contribution in [0.2, 0.25) is 0 Å². The number of allylic oxidation sites excluding steroid dienone is 1. The Hall–Kier alpha value is -1.82. The molecule has 0 bridgehead atoms. The first kappa shape index (κ1) is 10.7. The maximum absolute atomic E-state index is 2.18. The standard InChI is InChI=1S/C16H16/c1-3-6-14-7-4-5-8-16(14)15-11-9-13(2)10-12-15/h3-12H,1-2H3. The van der Waals surface area contributed by atoms with Crippen molar-refractivity contribution in [2.24, 2.45) is 0 Å². The lowest BCUT2D eigenvalue weighted by Crippen LogP contribution is -1.82. The van der Waals surface area contributed by atoms with E-state index in [0.717, 1.165) is 0 Å². The summed E-state index contributed by atoms with van der Waals surface area (Å²) in [6, 6.07) is 17.1. The van der Waals surface area contributed by atoms with E-state index >= 15 is 0 Å². The smallest absolute Gasteiger partial charge is 0.0112 e. The Bertz CT molecular complexity index is 490. The average molecular weight is 208 g/mol. The second-order valence-electron chi connectivity index (χ2n) is 3.95. The molecule has 2 aromatic rings. The first-order valence-corrected chi connectivity index (χ1v) is 5.60. The van der Waals surface area contributed by atoms with Crippen LogP contribution in [0.5, 0.6) is 0 Å². The van der Waals surface area contributed by atoms with Gasteiger partial charge in [-0.1, -0.05) is 66.2 Å². The lowest BCUT2D eigenvalue weighted by atomic mass is 9.99. The molecule has 0 fully saturated rings. The van der Waals surface area contributed by atoms with Gasteiger partial charge in [-0.3, -0.25) is 0 Å². The quantitative estimate of drug-likeness (QED) is 0.671. The number of benzene rings is 2. The van der Waals surface area contributed by atoms with Gasteiger partial charge in [-0.25, -0.2) is 0 Å². The van der Waals surface area contributed by atoms with Crippen molar-refractivity contribution in [2.75, 3.05) is 0 Å². The molecule has 0 heteroatoms. The summed E-state index contributed by atoms with van der Waals surface area (Å²) < 4.78 is 0. The zero-order chi connectivity index (χ0) is 11.4. The van der Waals surface area contributed by atoms with Crippen molar-refractivity contribution >= 4 is 6.08 Å². The van der Waals surface area contributed by atoms with Gasteiger partial charge in [0.1, 0.15) is 0 Å². The van der Waals surface area contributed by atoms with Crippen molar-refractivity contribution in [1.29, 1.82) is 0 Å². The van der Waals surface area contributed by atoms with Gasteiger partial charge >= 0.3 is 0 Å². The summed E-state index contributed by atoms with van der Waals surface area (Å²) >= 11 is 0. The molecule has 0 saturated heterocycles. The Balaban J connectivity index is 2.51. The van der Waals surface area contributed by atoms with E-state index in [9.17, 15) is 0 Å². The Morgan fingerprint density at radius 3 is 2.25 bits per heavy atom. The molecule has 0 unspecified atom stereocenters. The molecular weight excluding hydrogens is 192 g/mol. The van der Waals surface area contributed by atoms with Gasteiger partial charge in [-0.2, -0.15) is 0 Å². The molecule has 0 atom stereocenters. The van der Waals surface area contributed by atoms with Gasteiger partial charge in [-0.15, -0.1) is 0 Å². The molecule has 16 heavy (non-hydrogen) atoms. The molecule has 80 valence electrons. The van der Waals surface area contributed by atoms with E-state index in [0.29, 0.717) is 0 Å². The molecule has 0 aliphatic heterocycles. The van der Waals surface area contributed by atoms with Crippen LogP contribution in [0, 0.1) is 6.92 Å². The predicted molar refractivity (Wildman–Crippen MR) is 71.3 cm³/mol. The fourth-order valence-corrected chi connectivity index (χ4v) is 1.82.